The van der Waals surface area contributed by atoms with E-state index in [1.54, 1.807) is 0 Å². The number of esters is 1. The number of aliphatic hydroxyl groups is 1. The molecule has 5 heteroatoms. The van der Waals surface area contributed by atoms with Crippen LogP contribution in [0.2, 0.25) is 0 Å². The standard InChI is InChI=1S/C14H27NO4/c1-3-12(14(18)19-2)8-6-4-5-7-9-13(17)15-10-11-16/h12,16H,3-11H2,1-2H3,(H,15,17). The van der Waals surface area contributed by atoms with Crippen LogP contribution in [0, 0.1) is 5.92 Å². The minimum atomic E-state index is -0.120. The van der Waals surface area contributed by atoms with E-state index < -0.39 is 0 Å². The molecule has 2 N–H and O–H groups in total. The molecular formula is C14H27NO4. The van der Waals surface area contributed by atoms with E-state index in [4.69, 9.17) is 9.84 Å². The van der Waals surface area contributed by atoms with Gasteiger partial charge in [0, 0.05) is 13.0 Å². The van der Waals surface area contributed by atoms with Crippen molar-refractivity contribution in [3.8, 4) is 0 Å². The molecule has 0 saturated carbocycles. The van der Waals surface area contributed by atoms with E-state index in [1.165, 1.54) is 7.11 Å². The SMILES string of the molecule is CCC(CCCCCCC(=O)NCCO)C(=O)OC. The number of amides is 1. The molecule has 112 valence electrons. The zero-order valence-electron chi connectivity index (χ0n) is 12.1. The molecular weight excluding hydrogens is 246 g/mol. The number of carbonyl (C=O) groups excluding carboxylic acids is 2. The lowest BCUT2D eigenvalue weighted by Gasteiger charge is -2.11. The van der Waals surface area contributed by atoms with Gasteiger partial charge in [-0.2, -0.15) is 0 Å². The van der Waals surface area contributed by atoms with Crippen LogP contribution in [-0.4, -0.2) is 37.2 Å². The Labute approximate surface area is 115 Å². The van der Waals surface area contributed by atoms with E-state index in [9.17, 15) is 9.59 Å². The lowest BCUT2D eigenvalue weighted by molar-refractivity contribution is -0.145. The lowest BCUT2D eigenvalue weighted by atomic mass is 9.98. The summed E-state index contributed by atoms with van der Waals surface area (Å²) < 4.78 is 4.74. The lowest BCUT2D eigenvalue weighted by Crippen LogP contribution is -2.25. The largest absolute Gasteiger partial charge is 0.469 e. The van der Waals surface area contributed by atoms with Gasteiger partial charge in [-0.15, -0.1) is 0 Å². The van der Waals surface area contributed by atoms with Crippen LogP contribution in [0.4, 0.5) is 0 Å². The van der Waals surface area contributed by atoms with Crippen LogP contribution in [0.1, 0.15) is 51.9 Å². The zero-order chi connectivity index (χ0) is 14.5. The van der Waals surface area contributed by atoms with Crippen molar-refractivity contribution < 1.29 is 19.4 Å². The Morgan fingerprint density at radius 1 is 1.21 bits per heavy atom. The Morgan fingerprint density at radius 2 is 1.89 bits per heavy atom. The van der Waals surface area contributed by atoms with Gasteiger partial charge >= 0.3 is 5.97 Å². The topological polar surface area (TPSA) is 75.6 Å². The molecule has 19 heavy (non-hydrogen) atoms. The van der Waals surface area contributed by atoms with Crippen molar-refractivity contribution in [2.75, 3.05) is 20.3 Å². The van der Waals surface area contributed by atoms with Crippen LogP contribution < -0.4 is 5.32 Å². The molecule has 0 aromatic rings. The first kappa shape index (κ1) is 17.9. The molecule has 0 rings (SSSR count). The van der Waals surface area contributed by atoms with E-state index in [0.717, 1.165) is 38.5 Å². The molecule has 0 heterocycles. The maximum Gasteiger partial charge on any atom is 0.308 e. The molecule has 5 nitrogen and oxygen atoms in total. The Morgan fingerprint density at radius 3 is 2.47 bits per heavy atom. The van der Waals surface area contributed by atoms with E-state index in [1.807, 2.05) is 6.92 Å². The molecule has 0 aliphatic rings. The first-order valence-corrected chi connectivity index (χ1v) is 7.11. The first-order chi connectivity index (χ1) is 9.15. The highest BCUT2D eigenvalue weighted by Gasteiger charge is 2.15. The van der Waals surface area contributed by atoms with Gasteiger partial charge in [-0.25, -0.2) is 0 Å². The summed E-state index contributed by atoms with van der Waals surface area (Å²) >= 11 is 0. The van der Waals surface area contributed by atoms with Crippen LogP contribution >= 0.6 is 0 Å². The molecule has 1 amide bonds. The van der Waals surface area contributed by atoms with Crippen molar-refractivity contribution in [2.24, 2.45) is 5.92 Å². The van der Waals surface area contributed by atoms with Gasteiger partial charge in [-0.1, -0.05) is 26.2 Å². The van der Waals surface area contributed by atoms with Gasteiger partial charge in [-0.05, 0) is 19.3 Å². The Bertz CT molecular complexity index is 256. The van der Waals surface area contributed by atoms with E-state index in [0.29, 0.717) is 13.0 Å². The number of carbonyl (C=O) groups is 2. The van der Waals surface area contributed by atoms with Crippen molar-refractivity contribution in [2.45, 2.75) is 51.9 Å². The van der Waals surface area contributed by atoms with Gasteiger partial charge in [-0.3, -0.25) is 9.59 Å². The highest BCUT2D eigenvalue weighted by Crippen LogP contribution is 2.15. The summed E-state index contributed by atoms with van der Waals surface area (Å²) in [6.45, 7) is 2.31. The highest BCUT2D eigenvalue weighted by molar-refractivity contribution is 5.75. The third-order valence-corrected chi connectivity index (χ3v) is 3.17. The number of hydrogen-bond donors (Lipinski definition) is 2. The average Bonchev–Trinajstić information content (AvgIpc) is 2.43. The summed E-state index contributed by atoms with van der Waals surface area (Å²) in [5, 5.41) is 11.2. The first-order valence-electron chi connectivity index (χ1n) is 7.11. The third kappa shape index (κ3) is 9.47. The zero-order valence-corrected chi connectivity index (χ0v) is 12.1. The number of aliphatic hydroxyl groups excluding tert-OH is 1. The summed E-state index contributed by atoms with van der Waals surface area (Å²) in [6, 6.07) is 0. The maximum atomic E-state index is 11.4. The van der Waals surface area contributed by atoms with Crippen molar-refractivity contribution >= 4 is 11.9 Å². The fourth-order valence-electron chi connectivity index (χ4n) is 1.97. The minimum absolute atomic E-state index is 0.00459. The molecule has 0 radical (unpaired) electrons. The van der Waals surface area contributed by atoms with Gasteiger partial charge in [0.25, 0.3) is 0 Å². The minimum Gasteiger partial charge on any atom is -0.469 e. The van der Waals surface area contributed by atoms with Gasteiger partial charge in [0.05, 0.1) is 19.6 Å². The molecule has 1 unspecified atom stereocenters. The number of unbranched alkanes of at least 4 members (excludes halogenated alkanes) is 3. The second kappa shape index (κ2) is 12.0. The van der Waals surface area contributed by atoms with E-state index in [-0.39, 0.29) is 24.4 Å². The normalized spacial score (nSPS) is 11.9. The monoisotopic (exact) mass is 273 g/mol. The number of rotatable bonds is 11. The summed E-state index contributed by atoms with van der Waals surface area (Å²) in [7, 11) is 1.43. The highest BCUT2D eigenvalue weighted by atomic mass is 16.5. The Hall–Kier alpha value is -1.10. The number of methoxy groups -OCH3 is 1. The predicted octanol–water partition coefficient (Wildman–Crippen LogP) is 1.63. The average molecular weight is 273 g/mol. The number of ether oxygens (including phenoxy) is 1. The number of nitrogens with one attached hydrogen (secondary N) is 1. The van der Waals surface area contributed by atoms with Crippen molar-refractivity contribution in [3.63, 3.8) is 0 Å². The molecule has 1 atom stereocenters. The molecule has 0 aromatic heterocycles. The van der Waals surface area contributed by atoms with Crippen LogP contribution in [0.25, 0.3) is 0 Å². The molecule has 0 bridgehead atoms. The summed E-state index contributed by atoms with van der Waals surface area (Å²) in [5.74, 6) is -0.112. The van der Waals surface area contributed by atoms with E-state index >= 15 is 0 Å². The molecule has 0 aliphatic heterocycles. The smallest absolute Gasteiger partial charge is 0.308 e. The quantitative estimate of drug-likeness (QED) is 0.443. The van der Waals surface area contributed by atoms with E-state index in [2.05, 4.69) is 5.32 Å². The summed E-state index contributed by atoms with van der Waals surface area (Å²) in [4.78, 5) is 22.6. The summed E-state index contributed by atoms with van der Waals surface area (Å²) in [6.07, 6.45) is 6.05. The Kier molecular flexibility index (Phi) is 11.3. The second-order valence-electron chi connectivity index (χ2n) is 4.65. The van der Waals surface area contributed by atoms with Gasteiger partial charge in [0.2, 0.25) is 5.91 Å². The fourth-order valence-corrected chi connectivity index (χ4v) is 1.97. The van der Waals surface area contributed by atoms with Gasteiger partial charge in [0.15, 0.2) is 0 Å². The van der Waals surface area contributed by atoms with Crippen LogP contribution in [0.5, 0.6) is 0 Å². The van der Waals surface area contributed by atoms with Gasteiger partial charge in [0.1, 0.15) is 0 Å². The van der Waals surface area contributed by atoms with Gasteiger partial charge < -0.3 is 15.2 Å². The molecule has 0 aromatic carbocycles. The molecule has 0 fully saturated rings. The van der Waals surface area contributed by atoms with Crippen molar-refractivity contribution in [3.05, 3.63) is 0 Å². The fraction of sp³-hybridized carbons (Fsp3) is 0.857. The van der Waals surface area contributed by atoms with Crippen LogP contribution in [0.3, 0.4) is 0 Å². The van der Waals surface area contributed by atoms with Crippen molar-refractivity contribution in [1.29, 1.82) is 0 Å². The summed E-state index contributed by atoms with van der Waals surface area (Å²) in [5.41, 5.74) is 0. The third-order valence-electron chi connectivity index (χ3n) is 3.17. The maximum absolute atomic E-state index is 11.4. The molecule has 0 saturated heterocycles. The van der Waals surface area contributed by atoms with Crippen molar-refractivity contribution in [1.82, 2.24) is 5.32 Å². The Balaban J connectivity index is 3.49. The predicted molar refractivity (Wildman–Crippen MR) is 73.6 cm³/mol. The molecule has 0 spiro atoms. The van der Waals surface area contributed by atoms with Crippen LogP contribution in [-0.2, 0) is 14.3 Å². The van der Waals surface area contributed by atoms with Crippen LogP contribution in [0.15, 0.2) is 0 Å². The second-order valence-corrected chi connectivity index (χ2v) is 4.65. The number of hydrogen-bond acceptors (Lipinski definition) is 4. The molecule has 0 aliphatic carbocycles.